The normalized spacial score (nSPS) is 15.5. The van der Waals surface area contributed by atoms with Gasteiger partial charge in [-0.05, 0) is 49.2 Å². The Kier molecular flexibility index (Phi) is 3.65. The van der Waals surface area contributed by atoms with Gasteiger partial charge in [0.25, 0.3) is 11.5 Å². The topological polar surface area (TPSA) is 71.3 Å². The molecule has 2 heterocycles. The summed E-state index contributed by atoms with van der Waals surface area (Å²) in [6, 6.07) is 12.5. The lowest BCUT2D eigenvalue weighted by molar-refractivity contribution is 0.102. The first kappa shape index (κ1) is 15.9. The number of nitrogens with one attached hydrogen (secondary N) is 1. The fraction of sp³-hybridized carbons (Fsp3) is 0.158. The number of anilines is 1. The van der Waals surface area contributed by atoms with Crippen LogP contribution >= 0.6 is 15.9 Å². The van der Waals surface area contributed by atoms with Crippen LogP contribution in [0.2, 0.25) is 0 Å². The van der Waals surface area contributed by atoms with E-state index in [1.807, 2.05) is 19.1 Å². The Morgan fingerprint density at radius 1 is 1.24 bits per heavy atom. The van der Waals surface area contributed by atoms with E-state index in [0.29, 0.717) is 17.5 Å². The first-order valence-electron chi connectivity index (χ1n) is 7.93. The molecule has 1 aliphatic rings. The average Bonchev–Trinajstić information content (AvgIpc) is 2.92. The zero-order valence-electron chi connectivity index (χ0n) is 13.4. The monoisotopic (exact) mass is 398 g/mol. The van der Waals surface area contributed by atoms with Crippen molar-refractivity contribution in [2.75, 3.05) is 5.32 Å². The number of amides is 1. The first-order chi connectivity index (χ1) is 12.0. The fourth-order valence-electron chi connectivity index (χ4n) is 3.45. The molecule has 2 aromatic carbocycles. The number of halogens is 1. The summed E-state index contributed by atoms with van der Waals surface area (Å²) in [5.41, 5.74) is 1.60. The predicted molar refractivity (Wildman–Crippen MR) is 100 cm³/mol. The highest BCUT2D eigenvalue weighted by molar-refractivity contribution is 9.10. The van der Waals surface area contributed by atoms with E-state index in [1.165, 1.54) is 0 Å². The van der Waals surface area contributed by atoms with E-state index >= 15 is 0 Å². The number of pyridine rings is 1. The number of para-hydroxylation sites is 1. The molecule has 0 saturated heterocycles. The zero-order valence-corrected chi connectivity index (χ0v) is 15.0. The number of aromatic nitrogens is 1. The lowest BCUT2D eigenvalue weighted by Crippen LogP contribution is -2.30. The summed E-state index contributed by atoms with van der Waals surface area (Å²) in [7, 11) is 0. The minimum Gasteiger partial charge on any atom is -0.506 e. The summed E-state index contributed by atoms with van der Waals surface area (Å²) < 4.78 is 2.49. The van der Waals surface area contributed by atoms with Crippen LogP contribution in [0, 0.1) is 0 Å². The van der Waals surface area contributed by atoms with Crippen molar-refractivity contribution in [3.05, 3.63) is 68.4 Å². The van der Waals surface area contributed by atoms with Gasteiger partial charge in [-0.15, -0.1) is 0 Å². The molecule has 1 aliphatic heterocycles. The Hall–Kier alpha value is -2.60. The molecule has 0 unspecified atom stereocenters. The van der Waals surface area contributed by atoms with Crippen LogP contribution in [0.5, 0.6) is 5.75 Å². The van der Waals surface area contributed by atoms with E-state index in [2.05, 4.69) is 21.2 Å². The number of nitrogens with zero attached hydrogens (tertiary/aromatic N) is 1. The Labute approximate surface area is 152 Å². The summed E-state index contributed by atoms with van der Waals surface area (Å²) in [5.74, 6) is -0.873. The molecule has 6 heteroatoms. The van der Waals surface area contributed by atoms with Crippen molar-refractivity contribution >= 4 is 38.4 Å². The third-order valence-electron chi connectivity index (χ3n) is 4.57. The molecule has 0 saturated carbocycles. The Morgan fingerprint density at radius 2 is 1.96 bits per heavy atom. The number of carbonyl (C=O) groups is 1. The molecule has 0 radical (unpaired) electrons. The molecule has 1 amide bonds. The van der Waals surface area contributed by atoms with Crippen molar-refractivity contribution in [1.29, 1.82) is 0 Å². The number of carbonyl (C=O) groups excluding carboxylic acids is 1. The second-order valence-corrected chi connectivity index (χ2v) is 7.14. The van der Waals surface area contributed by atoms with E-state index in [-0.39, 0.29) is 17.4 Å². The molecule has 25 heavy (non-hydrogen) atoms. The lowest BCUT2D eigenvalue weighted by Gasteiger charge is -2.14. The average molecular weight is 399 g/mol. The minimum absolute atomic E-state index is 0.0489. The first-order valence-corrected chi connectivity index (χ1v) is 8.72. The van der Waals surface area contributed by atoms with Crippen LogP contribution < -0.4 is 10.9 Å². The molecule has 126 valence electrons. The maximum Gasteiger partial charge on any atom is 0.268 e. The maximum absolute atomic E-state index is 12.9. The van der Waals surface area contributed by atoms with Crippen LogP contribution in [0.3, 0.4) is 0 Å². The third kappa shape index (κ3) is 2.44. The van der Waals surface area contributed by atoms with Gasteiger partial charge in [-0.1, -0.05) is 28.1 Å². The van der Waals surface area contributed by atoms with Crippen molar-refractivity contribution in [2.45, 2.75) is 19.4 Å². The molecule has 0 spiro atoms. The van der Waals surface area contributed by atoms with E-state index in [1.54, 1.807) is 34.9 Å². The van der Waals surface area contributed by atoms with E-state index in [4.69, 9.17) is 0 Å². The largest absolute Gasteiger partial charge is 0.506 e. The molecule has 1 atom stereocenters. The highest BCUT2D eigenvalue weighted by Crippen LogP contribution is 2.36. The molecular formula is C19H15BrN2O3. The number of hydrogen-bond acceptors (Lipinski definition) is 3. The van der Waals surface area contributed by atoms with Crippen LogP contribution in [-0.2, 0) is 6.42 Å². The van der Waals surface area contributed by atoms with Crippen LogP contribution in [0.4, 0.5) is 5.69 Å². The number of rotatable bonds is 2. The molecule has 5 nitrogen and oxygen atoms in total. The van der Waals surface area contributed by atoms with E-state index in [0.717, 1.165) is 15.6 Å². The second-order valence-electron chi connectivity index (χ2n) is 6.23. The summed E-state index contributed by atoms with van der Waals surface area (Å²) in [4.78, 5) is 25.6. The van der Waals surface area contributed by atoms with Crippen LogP contribution in [-0.4, -0.2) is 15.6 Å². The van der Waals surface area contributed by atoms with Gasteiger partial charge in [0.2, 0.25) is 0 Å². The summed E-state index contributed by atoms with van der Waals surface area (Å²) >= 11 is 3.33. The quantitative estimate of drug-likeness (QED) is 0.688. The molecule has 0 aliphatic carbocycles. The van der Waals surface area contributed by atoms with Crippen molar-refractivity contribution in [3.63, 3.8) is 0 Å². The lowest BCUT2D eigenvalue weighted by atomic mass is 10.1. The molecule has 0 bridgehead atoms. The van der Waals surface area contributed by atoms with Gasteiger partial charge in [0, 0.05) is 21.6 Å². The SMILES string of the molecule is C[C@H]1Cc2cccc3c(O)c(C(=O)Nc4ccc(Br)cc4)c(=O)n1c23. The molecule has 4 rings (SSSR count). The smallest absolute Gasteiger partial charge is 0.268 e. The van der Waals surface area contributed by atoms with Crippen molar-refractivity contribution in [3.8, 4) is 5.75 Å². The Morgan fingerprint density at radius 3 is 2.68 bits per heavy atom. The number of hydrogen-bond donors (Lipinski definition) is 2. The fourth-order valence-corrected chi connectivity index (χ4v) is 3.72. The number of benzene rings is 2. The standard InChI is InChI=1S/C19H15BrN2O3/c1-10-9-11-3-2-4-14-16(11)22(10)19(25)15(17(14)23)18(24)21-13-7-5-12(20)6-8-13/h2-8,10,23H,9H2,1H3,(H,21,24)/t10-/m0/s1. The molecule has 3 aromatic rings. The van der Waals surface area contributed by atoms with Crippen LogP contribution in [0.1, 0.15) is 28.9 Å². The summed E-state index contributed by atoms with van der Waals surface area (Å²) in [5, 5.41) is 13.8. The molecule has 2 N–H and O–H groups in total. The van der Waals surface area contributed by atoms with E-state index < -0.39 is 11.5 Å². The highest BCUT2D eigenvalue weighted by Gasteiger charge is 2.29. The Balaban J connectivity index is 1.87. The summed E-state index contributed by atoms with van der Waals surface area (Å²) in [6.07, 6.45) is 0.712. The van der Waals surface area contributed by atoms with Gasteiger partial charge >= 0.3 is 0 Å². The van der Waals surface area contributed by atoms with Crippen molar-refractivity contribution < 1.29 is 9.90 Å². The van der Waals surface area contributed by atoms with E-state index in [9.17, 15) is 14.7 Å². The van der Waals surface area contributed by atoms with Gasteiger partial charge in [-0.25, -0.2) is 0 Å². The van der Waals surface area contributed by atoms with Gasteiger partial charge in [-0.2, -0.15) is 0 Å². The highest BCUT2D eigenvalue weighted by atomic mass is 79.9. The summed E-state index contributed by atoms with van der Waals surface area (Å²) in [6.45, 7) is 1.94. The molecule has 1 aromatic heterocycles. The van der Waals surface area contributed by atoms with Crippen LogP contribution in [0.25, 0.3) is 10.9 Å². The molecule has 0 fully saturated rings. The second kappa shape index (κ2) is 5.74. The Bertz CT molecular complexity index is 1070. The van der Waals surface area contributed by atoms with Crippen molar-refractivity contribution in [1.82, 2.24) is 4.57 Å². The van der Waals surface area contributed by atoms with Gasteiger partial charge in [0.05, 0.1) is 5.52 Å². The van der Waals surface area contributed by atoms with Gasteiger partial charge < -0.3 is 15.0 Å². The predicted octanol–water partition coefficient (Wildman–Crippen LogP) is 3.84. The zero-order chi connectivity index (χ0) is 17.7. The van der Waals surface area contributed by atoms with Gasteiger partial charge in [0.15, 0.2) is 0 Å². The van der Waals surface area contributed by atoms with Crippen molar-refractivity contribution in [2.24, 2.45) is 0 Å². The molecular weight excluding hydrogens is 384 g/mol. The van der Waals surface area contributed by atoms with Crippen LogP contribution in [0.15, 0.2) is 51.7 Å². The maximum atomic E-state index is 12.9. The third-order valence-corrected chi connectivity index (χ3v) is 5.10. The minimum atomic E-state index is -0.611. The van der Waals surface area contributed by atoms with Gasteiger partial charge in [-0.3, -0.25) is 9.59 Å². The van der Waals surface area contributed by atoms with Gasteiger partial charge in [0.1, 0.15) is 11.3 Å². The number of aromatic hydroxyl groups is 1.